The van der Waals surface area contributed by atoms with Crippen LogP contribution in [0.4, 0.5) is 4.79 Å². The summed E-state index contributed by atoms with van der Waals surface area (Å²) >= 11 is 0. The van der Waals surface area contributed by atoms with Crippen molar-refractivity contribution >= 4 is 12.1 Å². The van der Waals surface area contributed by atoms with E-state index in [1.165, 1.54) is 13.0 Å². The molecule has 0 bridgehead atoms. The first kappa shape index (κ1) is 14.5. The van der Waals surface area contributed by atoms with E-state index in [-0.39, 0.29) is 6.61 Å². The van der Waals surface area contributed by atoms with E-state index in [4.69, 9.17) is 16.0 Å². The summed E-state index contributed by atoms with van der Waals surface area (Å²) in [6.45, 7) is 7.71. The molecule has 104 valence electrons. The second-order valence-corrected chi connectivity index (χ2v) is 4.74. The van der Waals surface area contributed by atoms with E-state index < -0.39 is 29.8 Å². The van der Waals surface area contributed by atoms with Gasteiger partial charge < -0.3 is 19.9 Å². The molecule has 0 spiro atoms. The molecule has 0 heterocycles. The van der Waals surface area contributed by atoms with E-state index in [9.17, 15) is 9.59 Å². The van der Waals surface area contributed by atoms with E-state index in [1.807, 2.05) is 0 Å². The van der Waals surface area contributed by atoms with Crippen molar-refractivity contribution in [3.05, 3.63) is 12.6 Å². The smallest absolute Gasteiger partial charge is 0.408 e. The van der Waals surface area contributed by atoms with Crippen molar-refractivity contribution in [2.45, 2.75) is 45.4 Å². The van der Waals surface area contributed by atoms with Gasteiger partial charge in [-0.25, -0.2) is 9.59 Å². The van der Waals surface area contributed by atoms with Crippen LogP contribution in [-0.4, -0.2) is 41.5 Å². The Bertz CT molecular complexity index is 338. The van der Waals surface area contributed by atoms with Gasteiger partial charge in [0.25, 0.3) is 0 Å². The number of carboxylic acid groups (broad SMARTS) is 1. The Morgan fingerprint density at radius 3 is 2.61 bits per heavy atom. The maximum absolute atomic E-state index is 11.5. The molecule has 0 aromatic rings. The van der Waals surface area contributed by atoms with Crippen LogP contribution in [0.5, 0.6) is 0 Å². The summed E-state index contributed by atoms with van der Waals surface area (Å²) < 4.78 is 16.9. The summed E-state index contributed by atoms with van der Waals surface area (Å²) in [7, 11) is 0. The molecule has 6 heteroatoms. The fourth-order valence-corrected chi connectivity index (χ4v) is 1.12. The minimum absolute atomic E-state index is 0.102. The molecule has 2 atom stereocenters. The Balaban J connectivity index is 4.48. The number of hydrogen-bond acceptors (Lipinski definition) is 4. The molecule has 6 nitrogen and oxygen atoms in total. The highest BCUT2D eigenvalue weighted by molar-refractivity contribution is 5.80. The van der Waals surface area contributed by atoms with Crippen LogP contribution < -0.4 is 5.32 Å². The molecule has 0 unspecified atom stereocenters. The average molecular weight is 260 g/mol. The predicted octanol–water partition coefficient (Wildman–Crippen LogP) is 1.56. The van der Waals surface area contributed by atoms with Gasteiger partial charge in [-0.15, -0.1) is 6.55 Å². The summed E-state index contributed by atoms with van der Waals surface area (Å²) in [6.07, 6.45) is -0.143. The number of alkyl carbamates (subject to hydrolysis) is 1. The third-order valence-electron chi connectivity index (χ3n) is 1.86. The molecule has 1 amide bonds. The lowest BCUT2D eigenvalue weighted by molar-refractivity contribution is -0.143. The largest absolute Gasteiger partial charge is 0.480 e. The molecule has 0 saturated heterocycles. The molecule has 0 aliphatic heterocycles. The molecule has 0 saturated carbocycles. The van der Waals surface area contributed by atoms with Gasteiger partial charge in [-0.2, -0.15) is 0 Å². The van der Waals surface area contributed by atoms with E-state index in [0.717, 1.165) is 6.55 Å². The summed E-state index contributed by atoms with van der Waals surface area (Å²) in [5, 5.41) is 11.3. The zero-order chi connectivity index (χ0) is 15.1. The molecule has 2 N–H and O–H groups in total. The molecule has 18 heavy (non-hydrogen) atoms. The van der Waals surface area contributed by atoms with Crippen molar-refractivity contribution in [3.63, 3.8) is 0 Å². The lowest BCUT2D eigenvalue weighted by Gasteiger charge is -2.24. The van der Waals surface area contributed by atoms with Crippen molar-refractivity contribution in [1.82, 2.24) is 5.32 Å². The van der Waals surface area contributed by atoms with Crippen molar-refractivity contribution < 1.29 is 25.5 Å². The Morgan fingerprint density at radius 1 is 1.56 bits per heavy atom. The molecule has 0 aromatic heterocycles. The summed E-state index contributed by atoms with van der Waals surface area (Å²) in [4.78, 5) is 22.6. The molecule has 0 aliphatic carbocycles. The van der Waals surface area contributed by atoms with Crippen LogP contribution in [0.3, 0.4) is 0 Å². The quantitative estimate of drug-likeness (QED) is 0.708. The summed E-state index contributed by atoms with van der Waals surface area (Å²) in [6, 6.07) is -1.21. The fourth-order valence-electron chi connectivity index (χ4n) is 1.12. The monoisotopic (exact) mass is 260 g/mol. The van der Waals surface area contributed by atoms with Crippen molar-refractivity contribution in [2.75, 3.05) is 6.61 Å². The Labute approximate surface area is 108 Å². The third-order valence-corrected chi connectivity index (χ3v) is 1.86. The third kappa shape index (κ3) is 6.90. The van der Waals surface area contributed by atoms with Gasteiger partial charge in [-0.3, -0.25) is 0 Å². The lowest BCUT2D eigenvalue weighted by Crippen LogP contribution is -2.50. The van der Waals surface area contributed by atoms with Crippen LogP contribution in [-0.2, 0) is 14.3 Å². The minimum Gasteiger partial charge on any atom is -0.480 e. The molecular weight excluding hydrogens is 238 g/mol. The number of carbonyl (C=O) groups is 2. The summed E-state index contributed by atoms with van der Waals surface area (Å²) in [5.41, 5.74) is -0.703. The number of carboxylic acids is 1. The number of nitrogens with one attached hydrogen (secondary N) is 1. The Morgan fingerprint density at radius 2 is 2.17 bits per heavy atom. The molecule has 0 rings (SSSR count). The highest BCUT2D eigenvalue weighted by atomic mass is 16.6. The Kier molecular flexibility index (Phi) is 5.64. The van der Waals surface area contributed by atoms with E-state index in [0.29, 0.717) is 0 Å². The maximum Gasteiger partial charge on any atom is 0.408 e. The van der Waals surface area contributed by atoms with Gasteiger partial charge in [0, 0.05) is 0 Å². The predicted molar refractivity (Wildman–Crippen MR) is 66.4 cm³/mol. The molecule has 0 aliphatic rings. The van der Waals surface area contributed by atoms with E-state index >= 15 is 0 Å². The van der Waals surface area contributed by atoms with Gasteiger partial charge in [0.15, 0.2) is 6.04 Å². The second-order valence-electron chi connectivity index (χ2n) is 4.74. The van der Waals surface area contributed by atoms with Crippen LogP contribution in [0.2, 0.25) is 0 Å². The first-order valence-electron chi connectivity index (χ1n) is 6.12. The second kappa shape index (κ2) is 7.00. The highest BCUT2D eigenvalue weighted by Gasteiger charge is 2.29. The number of rotatable bonds is 6. The number of ether oxygens (including phenoxy) is 2. The highest BCUT2D eigenvalue weighted by Crippen LogP contribution is 2.08. The number of amides is 1. The van der Waals surface area contributed by atoms with Crippen molar-refractivity contribution in [3.8, 4) is 0 Å². The standard InChI is InChI=1S/C12H21NO5/c1-6-7-17-8(2)9(10(14)15)13-11(16)18-12(3,4)5/h6,8-9H,1,7H2,2-5H3,(H,13,16)(H,14,15)/t8-,9+/m1/s1/i1D. The Hall–Kier alpha value is -1.56. The minimum atomic E-state index is -1.21. The van der Waals surface area contributed by atoms with Crippen LogP contribution in [0.25, 0.3) is 0 Å². The van der Waals surface area contributed by atoms with Gasteiger partial charge in [0.2, 0.25) is 0 Å². The van der Waals surface area contributed by atoms with E-state index in [2.05, 4.69) is 5.32 Å². The SMILES string of the molecule is [2H]C=CCO[C@H](C)[C@H](NC(=O)OC(C)(C)C)C(=O)O. The zero-order valence-corrected chi connectivity index (χ0v) is 11.1. The van der Waals surface area contributed by atoms with Gasteiger partial charge >= 0.3 is 12.1 Å². The van der Waals surface area contributed by atoms with Crippen LogP contribution in [0, 0.1) is 0 Å². The molecule has 0 fully saturated rings. The van der Waals surface area contributed by atoms with Gasteiger partial charge in [0.1, 0.15) is 5.60 Å². The van der Waals surface area contributed by atoms with Gasteiger partial charge in [-0.05, 0) is 27.7 Å². The fraction of sp³-hybridized carbons (Fsp3) is 0.667. The number of carbonyl (C=O) groups excluding carboxylic acids is 1. The van der Waals surface area contributed by atoms with Crippen molar-refractivity contribution in [2.24, 2.45) is 0 Å². The zero-order valence-electron chi connectivity index (χ0n) is 12.1. The molecular formula is C12H21NO5. The van der Waals surface area contributed by atoms with Crippen molar-refractivity contribution in [1.29, 1.82) is 0 Å². The normalized spacial score (nSPS) is 15.9. The summed E-state index contributed by atoms with van der Waals surface area (Å²) in [5.74, 6) is -1.21. The van der Waals surface area contributed by atoms with Crippen LogP contribution >= 0.6 is 0 Å². The first-order chi connectivity index (χ1) is 8.67. The maximum atomic E-state index is 11.5. The first-order valence-corrected chi connectivity index (χ1v) is 5.54. The topological polar surface area (TPSA) is 84.9 Å². The number of aliphatic carboxylic acids is 1. The van der Waals surface area contributed by atoms with Gasteiger partial charge in [-0.1, -0.05) is 6.08 Å². The molecule has 0 aromatic carbocycles. The van der Waals surface area contributed by atoms with Gasteiger partial charge in [0.05, 0.1) is 14.1 Å². The lowest BCUT2D eigenvalue weighted by atomic mass is 10.2. The average Bonchev–Trinajstić information content (AvgIpc) is 2.23. The number of hydrogen-bond donors (Lipinski definition) is 2. The van der Waals surface area contributed by atoms with Crippen LogP contribution in [0.1, 0.15) is 29.1 Å². The molecule has 0 radical (unpaired) electrons. The van der Waals surface area contributed by atoms with E-state index in [1.54, 1.807) is 20.8 Å². The van der Waals surface area contributed by atoms with Crippen LogP contribution in [0.15, 0.2) is 12.6 Å².